The molecule has 0 spiro atoms. The number of anilines is 2. The van der Waals surface area contributed by atoms with Gasteiger partial charge >= 0.3 is 0 Å². The lowest BCUT2D eigenvalue weighted by atomic mass is 9.89. The monoisotopic (exact) mass is 758 g/mol. The van der Waals surface area contributed by atoms with Crippen LogP contribution in [0.25, 0.3) is 11.1 Å². The van der Waals surface area contributed by atoms with Gasteiger partial charge in [0.05, 0.1) is 24.5 Å². The van der Waals surface area contributed by atoms with Crippen LogP contribution in [0.5, 0.6) is 0 Å². The van der Waals surface area contributed by atoms with E-state index in [1.807, 2.05) is 41.0 Å². The molecule has 2 saturated heterocycles. The molecule has 2 aromatic heterocycles. The minimum Gasteiger partial charge on any atom is -0.369 e. The van der Waals surface area contributed by atoms with Crippen LogP contribution in [0, 0.1) is 5.82 Å². The van der Waals surface area contributed by atoms with Gasteiger partial charge in [0.15, 0.2) is 11.2 Å². The Kier molecular flexibility index (Phi) is 9.22. The predicted molar refractivity (Wildman–Crippen MR) is 205 cm³/mol. The van der Waals surface area contributed by atoms with Crippen molar-refractivity contribution in [2.24, 2.45) is 0 Å². The number of carbonyl (C=O) groups is 4. The number of piperidine rings is 1. The summed E-state index contributed by atoms with van der Waals surface area (Å²) in [6.07, 6.45) is 5.88. The number of rotatable bonds is 9. The smallest absolute Gasteiger partial charge is 0.255 e. The van der Waals surface area contributed by atoms with Gasteiger partial charge in [0.2, 0.25) is 11.8 Å². The molecule has 280 valence electrons. The number of amides is 4. The van der Waals surface area contributed by atoms with Gasteiger partial charge in [-0.1, -0.05) is 36.4 Å². The first-order chi connectivity index (χ1) is 26.8. The lowest BCUT2D eigenvalue weighted by molar-refractivity contribution is -0.134. The van der Waals surface area contributed by atoms with Gasteiger partial charge in [-0.3, -0.25) is 34.7 Å². The average molecular weight is 759 g/mol. The van der Waals surface area contributed by atoms with Crippen LogP contribution >= 0.6 is 11.3 Å². The number of carbonyl (C=O) groups excluding carboxylic acids is 4. The Hall–Kier alpha value is -5.73. The number of imide groups is 1. The van der Waals surface area contributed by atoms with Crippen molar-refractivity contribution in [2.75, 3.05) is 36.4 Å². The molecule has 0 radical (unpaired) electrons. The summed E-state index contributed by atoms with van der Waals surface area (Å²) < 4.78 is 17.9. The zero-order valence-electron chi connectivity index (χ0n) is 30.0. The molecule has 2 atom stereocenters. The highest BCUT2D eigenvalue weighted by Crippen LogP contribution is 2.38. The lowest BCUT2D eigenvalue weighted by Crippen LogP contribution is -2.46. The molecule has 0 saturated carbocycles. The van der Waals surface area contributed by atoms with Crippen molar-refractivity contribution in [3.8, 4) is 11.1 Å². The van der Waals surface area contributed by atoms with Crippen LogP contribution in [0.4, 0.5) is 15.2 Å². The maximum Gasteiger partial charge on any atom is 0.255 e. The molecule has 14 heteroatoms. The van der Waals surface area contributed by atoms with Gasteiger partial charge in [0, 0.05) is 79.8 Å². The van der Waals surface area contributed by atoms with Crippen LogP contribution in [-0.4, -0.2) is 74.1 Å². The Morgan fingerprint density at radius 2 is 1.80 bits per heavy atom. The summed E-state index contributed by atoms with van der Waals surface area (Å²) in [5.41, 5.74) is 6.49. The van der Waals surface area contributed by atoms with E-state index in [1.54, 1.807) is 24.0 Å². The molecule has 12 nitrogen and oxygen atoms in total. The quantitative estimate of drug-likeness (QED) is 0.195. The Bertz CT molecular complexity index is 2300. The van der Waals surface area contributed by atoms with Gasteiger partial charge in [-0.15, -0.1) is 11.3 Å². The molecule has 9 rings (SSSR count). The number of nitrogens with zero attached hydrogens (tertiary/aromatic N) is 6. The highest BCUT2D eigenvalue weighted by atomic mass is 32.1. The summed E-state index contributed by atoms with van der Waals surface area (Å²) in [6.45, 7) is 4.93. The Morgan fingerprint density at radius 3 is 2.58 bits per heavy atom. The molecule has 4 amide bonds. The molecule has 4 aliphatic heterocycles. The van der Waals surface area contributed by atoms with Crippen molar-refractivity contribution in [2.45, 2.75) is 57.3 Å². The zero-order chi connectivity index (χ0) is 37.6. The number of hydrogen-bond donors (Lipinski definition) is 2. The molecular formula is C41H39FN8O4S. The number of halogens is 1. The molecule has 3 aromatic carbocycles. The molecule has 6 heterocycles. The summed E-state index contributed by atoms with van der Waals surface area (Å²) >= 11 is 1.28. The molecule has 5 aromatic rings. The SMILES string of the molecule is O=C1CCC(c2cccc(CN3CCN(c4ccc(-c5cc(F)c6c(c5)C(=O)N(C(C(=O)Nc5nccs5)c5ncn7c5CCC7)C6)cc4)CC3)c2)C(=O)N1. The van der Waals surface area contributed by atoms with Gasteiger partial charge in [-0.2, -0.15) is 0 Å². The Balaban J connectivity index is 0.871. The lowest BCUT2D eigenvalue weighted by Gasteiger charge is -2.36. The molecule has 2 N–H and O–H groups in total. The van der Waals surface area contributed by atoms with E-state index in [0.717, 1.165) is 80.2 Å². The third kappa shape index (κ3) is 6.80. The zero-order valence-corrected chi connectivity index (χ0v) is 30.9. The van der Waals surface area contributed by atoms with E-state index < -0.39 is 23.7 Å². The fraction of sp³-hybridized carbons (Fsp3) is 0.317. The third-order valence-corrected chi connectivity index (χ3v) is 11.9. The van der Waals surface area contributed by atoms with Crippen molar-refractivity contribution < 1.29 is 23.6 Å². The van der Waals surface area contributed by atoms with E-state index in [9.17, 15) is 19.2 Å². The number of thiazole rings is 1. The van der Waals surface area contributed by atoms with Gasteiger partial charge < -0.3 is 14.4 Å². The molecule has 2 fully saturated rings. The van der Waals surface area contributed by atoms with Crippen molar-refractivity contribution in [3.63, 3.8) is 0 Å². The number of aromatic nitrogens is 3. The van der Waals surface area contributed by atoms with E-state index in [-0.39, 0.29) is 35.4 Å². The number of hydrogen-bond acceptors (Lipinski definition) is 9. The van der Waals surface area contributed by atoms with E-state index in [0.29, 0.717) is 29.2 Å². The number of imidazole rings is 1. The first-order valence-corrected chi connectivity index (χ1v) is 19.5. The number of nitrogens with one attached hydrogen (secondary N) is 2. The van der Waals surface area contributed by atoms with Crippen LogP contribution in [0.2, 0.25) is 0 Å². The van der Waals surface area contributed by atoms with Gasteiger partial charge in [-0.05, 0) is 65.8 Å². The number of aryl methyl sites for hydroxylation is 1. The van der Waals surface area contributed by atoms with Crippen molar-refractivity contribution in [3.05, 3.63) is 118 Å². The van der Waals surface area contributed by atoms with Crippen LogP contribution in [0.15, 0.2) is 78.6 Å². The number of benzene rings is 3. The number of piperazine rings is 1. The molecule has 0 bridgehead atoms. The largest absolute Gasteiger partial charge is 0.369 e. The maximum atomic E-state index is 15.9. The van der Waals surface area contributed by atoms with E-state index in [4.69, 9.17) is 0 Å². The van der Waals surface area contributed by atoms with Crippen LogP contribution in [0.3, 0.4) is 0 Å². The second-order valence-corrected chi connectivity index (χ2v) is 15.5. The van der Waals surface area contributed by atoms with Crippen LogP contribution < -0.4 is 15.5 Å². The highest BCUT2D eigenvalue weighted by Gasteiger charge is 2.42. The summed E-state index contributed by atoms with van der Waals surface area (Å²) in [4.78, 5) is 66.8. The standard InChI is InChI=1S/C41H39FN8O4S/c42-33-21-28(20-31-32(33)23-50(40(31)54)37(39(53)46-41-43-12-18-55-41)36-34-5-2-13-49(34)24-44-36)26-6-8-29(9-7-26)48-16-14-47(15-17-48)22-25-3-1-4-27(19-25)30-10-11-35(51)45-38(30)52/h1,3-4,6-9,12,18-21,24,30,37H,2,5,10-11,13-17,22-23H2,(H,43,46,53)(H,45,51,52). The Morgan fingerprint density at radius 1 is 0.964 bits per heavy atom. The minimum atomic E-state index is -1.04. The van der Waals surface area contributed by atoms with Gasteiger partial charge in [0.25, 0.3) is 11.8 Å². The van der Waals surface area contributed by atoms with Crippen molar-refractivity contribution in [1.82, 2.24) is 29.7 Å². The van der Waals surface area contributed by atoms with Gasteiger partial charge in [-0.25, -0.2) is 14.4 Å². The molecule has 4 aliphatic rings. The first kappa shape index (κ1) is 35.0. The fourth-order valence-corrected chi connectivity index (χ4v) is 8.90. The van der Waals surface area contributed by atoms with Crippen molar-refractivity contribution in [1.29, 1.82) is 0 Å². The van der Waals surface area contributed by atoms with Crippen LogP contribution in [0.1, 0.15) is 69.7 Å². The van der Waals surface area contributed by atoms with Crippen molar-refractivity contribution >= 4 is 45.8 Å². The maximum absolute atomic E-state index is 15.9. The highest BCUT2D eigenvalue weighted by molar-refractivity contribution is 7.13. The second kappa shape index (κ2) is 14.5. The normalized spacial score (nSPS) is 19.0. The summed E-state index contributed by atoms with van der Waals surface area (Å²) in [5.74, 6) is -2.05. The van der Waals surface area contributed by atoms with Crippen LogP contribution in [-0.2, 0) is 40.4 Å². The predicted octanol–water partition coefficient (Wildman–Crippen LogP) is 5.27. The van der Waals surface area contributed by atoms with E-state index in [1.165, 1.54) is 22.3 Å². The fourth-order valence-electron chi connectivity index (χ4n) is 8.37. The summed E-state index contributed by atoms with van der Waals surface area (Å²) in [5, 5.41) is 7.48. The average Bonchev–Trinajstić information content (AvgIpc) is 4.01. The summed E-state index contributed by atoms with van der Waals surface area (Å²) in [7, 11) is 0. The number of fused-ring (bicyclic) bond motifs is 2. The molecule has 2 unspecified atom stereocenters. The van der Waals surface area contributed by atoms with Gasteiger partial charge in [0.1, 0.15) is 5.82 Å². The third-order valence-electron chi connectivity index (χ3n) is 11.2. The topological polar surface area (TPSA) is 133 Å². The summed E-state index contributed by atoms with van der Waals surface area (Å²) in [6, 6.07) is 18.3. The second-order valence-electron chi connectivity index (χ2n) is 14.6. The molecule has 55 heavy (non-hydrogen) atoms. The molecule has 0 aliphatic carbocycles. The van der Waals surface area contributed by atoms with E-state index >= 15 is 4.39 Å². The minimum absolute atomic E-state index is 0.0429. The van der Waals surface area contributed by atoms with E-state index in [2.05, 4.69) is 42.5 Å². The first-order valence-electron chi connectivity index (χ1n) is 18.7. The molecular weight excluding hydrogens is 720 g/mol. The Labute approximate surface area is 321 Å².